The predicted molar refractivity (Wildman–Crippen MR) is 108 cm³/mol. The van der Waals surface area contributed by atoms with Crippen LogP contribution in [0, 0.1) is 0 Å². The van der Waals surface area contributed by atoms with Crippen LogP contribution in [0.2, 0.25) is 0 Å². The van der Waals surface area contributed by atoms with E-state index >= 15 is 0 Å². The Kier molecular flexibility index (Phi) is 11.2. The Hall–Kier alpha value is -0.830. The standard InChI is InChI=1S/C16H27N3O2S.HI/c1-4-14-9-7-8-10-15(14)13-19-16(17-5-2)18-11-12-22(20,21)6-3;/h7-10H,4-6,11-13H2,1-3H3,(H2,17,18,19);1H. The van der Waals surface area contributed by atoms with E-state index in [9.17, 15) is 8.42 Å². The van der Waals surface area contributed by atoms with Crippen LogP contribution in [-0.4, -0.2) is 39.0 Å². The van der Waals surface area contributed by atoms with Crippen molar-refractivity contribution in [3.63, 3.8) is 0 Å². The summed E-state index contributed by atoms with van der Waals surface area (Å²) in [7, 11) is -2.95. The Labute approximate surface area is 157 Å². The van der Waals surface area contributed by atoms with Crippen LogP contribution < -0.4 is 10.6 Å². The van der Waals surface area contributed by atoms with Crippen LogP contribution in [0.5, 0.6) is 0 Å². The normalized spacial score (nSPS) is 11.7. The van der Waals surface area contributed by atoms with Crippen molar-refractivity contribution < 1.29 is 8.42 Å². The summed E-state index contributed by atoms with van der Waals surface area (Å²) in [6.45, 7) is 7.47. The summed E-state index contributed by atoms with van der Waals surface area (Å²) in [6, 6.07) is 8.23. The Morgan fingerprint density at radius 1 is 1.09 bits per heavy atom. The van der Waals surface area contributed by atoms with Crippen molar-refractivity contribution in [3.8, 4) is 0 Å². The van der Waals surface area contributed by atoms with Gasteiger partial charge in [-0.15, -0.1) is 24.0 Å². The number of aliphatic imine (C=N–C) groups is 1. The SMILES string of the molecule is CCNC(=NCc1ccccc1CC)NCCS(=O)(=O)CC.I. The maximum Gasteiger partial charge on any atom is 0.191 e. The largest absolute Gasteiger partial charge is 0.357 e. The molecule has 1 aromatic carbocycles. The quantitative estimate of drug-likeness (QED) is 0.360. The molecule has 0 aliphatic rings. The molecule has 0 atom stereocenters. The molecule has 0 radical (unpaired) electrons. The van der Waals surface area contributed by atoms with Gasteiger partial charge < -0.3 is 10.6 Å². The van der Waals surface area contributed by atoms with Crippen molar-refractivity contribution in [2.75, 3.05) is 24.6 Å². The van der Waals surface area contributed by atoms with Gasteiger partial charge in [-0.05, 0) is 24.5 Å². The zero-order chi connectivity index (χ0) is 16.4. The number of aryl methyl sites for hydroxylation is 1. The molecule has 0 heterocycles. The summed E-state index contributed by atoms with van der Waals surface area (Å²) < 4.78 is 23.0. The van der Waals surface area contributed by atoms with E-state index in [1.807, 2.05) is 19.1 Å². The highest BCUT2D eigenvalue weighted by Gasteiger charge is 2.07. The van der Waals surface area contributed by atoms with Gasteiger partial charge in [-0.1, -0.05) is 38.1 Å². The van der Waals surface area contributed by atoms with Crippen molar-refractivity contribution in [2.24, 2.45) is 4.99 Å². The summed E-state index contributed by atoms with van der Waals surface area (Å²) in [5, 5.41) is 6.22. The molecule has 7 heteroatoms. The Bertz CT molecular complexity index is 589. The van der Waals surface area contributed by atoms with E-state index in [1.165, 1.54) is 11.1 Å². The van der Waals surface area contributed by atoms with Crippen molar-refractivity contribution in [3.05, 3.63) is 35.4 Å². The second kappa shape index (κ2) is 11.7. The van der Waals surface area contributed by atoms with Gasteiger partial charge in [0.15, 0.2) is 15.8 Å². The van der Waals surface area contributed by atoms with Crippen LogP contribution in [0.1, 0.15) is 31.9 Å². The Morgan fingerprint density at radius 2 is 1.74 bits per heavy atom. The minimum atomic E-state index is -2.95. The number of benzene rings is 1. The fraction of sp³-hybridized carbons (Fsp3) is 0.562. The molecule has 0 aromatic heterocycles. The van der Waals surface area contributed by atoms with E-state index in [1.54, 1.807) is 6.92 Å². The summed E-state index contributed by atoms with van der Waals surface area (Å²) in [6.07, 6.45) is 0.977. The number of guanidine groups is 1. The summed E-state index contributed by atoms with van der Waals surface area (Å²) in [5.41, 5.74) is 2.49. The van der Waals surface area contributed by atoms with Gasteiger partial charge in [0.1, 0.15) is 0 Å². The minimum absolute atomic E-state index is 0. The fourth-order valence-corrected chi connectivity index (χ4v) is 2.73. The minimum Gasteiger partial charge on any atom is -0.357 e. The monoisotopic (exact) mass is 453 g/mol. The molecule has 2 N–H and O–H groups in total. The fourth-order valence-electron chi connectivity index (χ4n) is 2.03. The lowest BCUT2D eigenvalue weighted by Gasteiger charge is -2.12. The molecule has 0 bridgehead atoms. The molecule has 0 fully saturated rings. The number of nitrogens with one attached hydrogen (secondary N) is 2. The van der Waals surface area contributed by atoms with Crippen LogP contribution in [0.3, 0.4) is 0 Å². The highest BCUT2D eigenvalue weighted by Crippen LogP contribution is 2.10. The lowest BCUT2D eigenvalue weighted by molar-refractivity contribution is 0.595. The van der Waals surface area contributed by atoms with Crippen molar-refractivity contribution >= 4 is 39.8 Å². The van der Waals surface area contributed by atoms with E-state index in [0.717, 1.165) is 13.0 Å². The van der Waals surface area contributed by atoms with E-state index in [4.69, 9.17) is 0 Å². The molecule has 0 saturated heterocycles. The third-order valence-electron chi connectivity index (χ3n) is 3.40. The molecule has 132 valence electrons. The smallest absolute Gasteiger partial charge is 0.191 e. The maximum atomic E-state index is 11.5. The number of sulfone groups is 1. The molecule has 1 rings (SSSR count). The zero-order valence-electron chi connectivity index (χ0n) is 14.1. The van der Waals surface area contributed by atoms with Gasteiger partial charge in [0.25, 0.3) is 0 Å². The van der Waals surface area contributed by atoms with Gasteiger partial charge in [-0.2, -0.15) is 0 Å². The number of halogens is 1. The van der Waals surface area contributed by atoms with Crippen molar-refractivity contribution in [1.82, 2.24) is 10.6 Å². The third-order valence-corrected chi connectivity index (χ3v) is 5.10. The zero-order valence-corrected chi connectivity index (χ0v) is 17.3. The second-order valence-electron chi connectivity index (χ2n) is 4.98. The summed E-state index contributed by atoms with van der Waals surface area (Å²) in [4.78, 5) is 4.54. The van der Waals surface area contributed by atoms with Crippen LogP contribution >= 0.6 is 24.0 Å². The molecule has 0 aliphatic heterocycles. The highest BCUT2D eigenvalue weighted by molar-refractivity contribution is 14.0. The number of hydrogen-bond donors (Lipinski definition) is 2. The predicted octanol–water partition coefficient (Wildman–Crippen LogP) is 2.36. The first-order valence-corrected chi connectivity index (χ1v) is 9.63. The van der Waals surface area contributed by atoms with E-state index in [2.05, 4.69) is 34.7 Å². The van der Waals surface area contributed by atoms with E-state index in [0.29, 0.717) is 19.0 Å². The second-order valence-corrected chi connectivity index (χ2v) is 7.45. The molecule has 0 aliphatic carbocycles. The third kappa shape index (κ3) is 8.55. The first kappa shape index (κ1) is 22.2. The lowest BCUT2D eigenvalue weighted by atomic mass is 10.1. The molecule has 0 spiro atoms. The maximum absolute atomic E-state index is 11.5. The van der Waals surface area contributed by atoms with Gasteiger partial charge in [0, 0.05) is 18.8 Å². The van der Waals surface area contributed by atoms with Crippen LogP contribution in [0.25, 0.3) is 0 Å². The first-order chi connectivity index (χ1) is 10.5. The summed E-state index contributed by atoms with van der Waals surface area (Å²) in [5.74, 6) is 0.950. The number of hydrogen-bond acceptors (Lipinski definition) is 3. The van der Waals surface area contributed by atoms with Crippen LogP contribution in [0.15, 0.2) is 29.3 Å². The first-order valence-electron chi connectivity index (χ1n) is 7.81. The van der Waals surface area contributed by atoms with E-state index in [-0.39, 0.29) is 35.5 Å². The molecular weight excluding hydrogens is 425 g/mol. The molecule has 5 nitrogen and oxygen atoms in total. The van der Waals surface area contributed by atoms with Crippen LogP contribution in [0.4, 0.5) is 0 Å². The van der Waals surface area contributed by atoms with Crippen LogP contribution in [-0.2, 0) is 22.8 Å². The number of rotatable bonds is 8. The number of nitrogens with zero attached hydrogens (tertiary/aromatic N) is 1. The molecule has 23 heavy (non-hydrogen) atoms. The molecule has 0 amide bonds. The lowest BCUT2D eigenvalue weighted by Crippen LogP contribution is -2.39. The average Bonchev–Trinajstić information content (AvgIpc) is 2.52. The van der Waals surface area contributed by atoms with E-state index < -0.39 is 9.84 Å². The molecule has 1 aromatic rings. The average molecular weight is 453 g/mol. The molecule has 0 saturated carbocycles. The van der Waals surface area contributed by atoms with Crippen molar-refractivity contribution in [1.29, 1.82) is 0 Å². The highest BCUT2D eigenvalue weighted by atomic mass is 127. The van der Waals surface area contributed by atoms with Gasteiger partial charge in [-0.25, -0.2) is 13.4 Å². The summed E-state index contributed by atoms with van der Waals surface area (Å²) >= 11 is 0. The Morgan fingerprint density at radius 3 is 2.30 bits per heavy atom. The van der Waals surface area contributed by atoms with Gasteiger partial charge in [0.05, 0.1) is 12.3 Å². The topological polar surface area (TPSA) is 70.6 Å². The molecule has 0 unspecified atom stereocenters. The van der Waals surface area contributed by atoms with Gasteiger partial charge >= 0.3 is 0 Å². The molecular formula is C16H28IN3O2S. The van der Waals surface area contributed by atoms with Gasteiger partial charge in [-0.3, -0.25) is 0 Å². The van der Waals surface area contributed by atoms with Crippen molar-refractivity contribution in [2.45, 2.75) is 33.7 Å². The Balaban J connectivity index is 0.00000484. The van der Waals surface area contributed by atoms with Gasteiger partial charge in [0.2, 0.25) is 0 Å².